The van der Waals surface area contributed by atoms with Crippen LogP contribution >= 0.6 is 0 Å². The lowest BCUT2D eigenvalue weighted by Gasteiger charge is -2.12. The number of pyridine rings is 1. The van der Waals surface area contributed by atoms with Gasteiger partial charge >= 0.3 is 0 Å². The predicted octanol–water partition coefficient (Wildman–Crippen LogP) is 5.05. The summed E-state index contributed by atoms with van der Waals surface area (Å²) in [5.74, 6) is 0. The van der Waals surface area contributed by atoms with Gasteiger partial charge in [0, 0.05) is 59.9 Å². The fraction of sp³-hybridized carbons (Fsp3) is 0.174. The van der Waals surface area contributed by atoms with E-state index >= 15 is 0 Å². The topological polar surface area (TPSA) is 8.81 Å². The molecule has 0 N–H and O–H groups in total. The third kappa shape index (κ3) is 2.54. The summed E-state index contributed by atoms with van der Waals surface area (Å²) in [5.41, 5.74) is 8.88. The number of para-hydroxylation sites is 1. The molecule has 0 aliphatic heterocycles. The molecule has 0 spiro atoms. The first kappa shape index (κ1) is 15.6. The van der Waals surface area contributed by atoms with Gasteiger partial charge in [0.1, 0.15) is 0 Å². The fourth-order valence-corrected chi connectivity index (χ4v) is 3.70. The molecular formula is C23H23N2+. The normalized spacial score (nSPS) is 11.2. The van der Waals surface area contributed by atoms with E-state index in [0.717, 1.165) is 0 Å². The maximum atomic E-state index is 2.30. The van der Waals surface area contributed by atoms with Gasteiger partial charge in [-0.25, -0.2) is 0 Å². The van der Waals surface area contributed by atoms with E-state index in [1.165, 1.54) is 44.7 Å². The van der Waals surface area contributed by atoms with Gasteiger partial charge < -0.3 is 4.57 Å². The molecule has 0 aliphatic rings. The van der Waals surface area contributed by atoms with Gasteiger partial charge in [-0.05, 0) is 37.6 Å². The summed E-state index contributed by atoms with van der Waals surface area (Å²) in [6, 6.07) is 21.8. The van der Waals surface area contributed by atoms with Crippen molar-refractivity contribution in [2.45, 2.75) is 20.8 Å². The molecule has 0 bridgehead atoms. The number of benzene rings is 2. The number of aryl methyl sites for hydroxylation is 3. The highest BCUT2D eigenvalue weighted by Crippen LogP contribution is 2.32. The van der Waals surface area contributed by atoms with Crippen molar-refractivity contribution in [3.63, 3.8) is 0 Å². The molecule has 2 aromatic heterocycles. The van der Waals surface area contributed by atoms with Crippen LogP contribution in [0, 0.1) is 20.8 Å². The molecule has 0 saturated carbocycles. The maximum absolute atomic E-state index is 2.30. The lowest BCUT2D eigenvalue weighted by molar-refractivity contribution is -0.603. The molecule has 4 aromatic rings. The zero-order chi connectivity index (χ0) is 17.6. The molecule has 2 aromatic carbocycles. The van der Waals surface area contributed by atoms with Crippen LogP contribution in [0.15, 0.2) is 66.9 Å². The standard InChI is InChI=1S/C23H23N2/c1-16-13-20(23-15-19-10-5-6-11-21(19)24(23)4)18(3)22(14-16)25-12-8-7-9-17(25)2/h5-15H,1-4H3/q+1. The van der Waals surface area contributed by atoms with Crippen molar-refractivity contribution in [1.29, 1.82) is 0 Å². The van der Waals surface area contributed by atoms with E-state index in [1.54, 1.807) is 0 Å². The first-order valence-corrected chi connectivity index (χ1v) is 8.70. The summed E-state index contributed by atoms with van der Waals surface area (Å²) in [4.78, 5) is 0. The molecule has 2 heterocycles. The van der Waals surface area contributed by atoms with Crippen LogP contribution in [0.2, 0.25) is 0 Å². The maximum Gasteiger partial charge on any atom is 0.214 e. The van der Waals surface area contributed by atoms with Crippen LogP contribution in [-0.2, 0) is 7.05 Å². The summed E-state index contributed by atoms with van der Waals surface area (Å²) >= 11 is 0. The molecule has 0 radical (unpaired) electrons. The minimum absolute atomic E-state index is 1.24. The van der Waals surface area contributed by atoms with Crippen molar-refractivity contribution >= 4 is 10.9 Å². The quantitative estimate of drug-likeness (QED) is 0.456. The van der Waals surface area contributed by atoms with E-state index in [9.17, 15) is 0 Å². The molecule has 2 nitrogen and oxygen atoms in total. The number of aromatic nitrogens is 2. The smallest absolute Gasteiger partial charge is 0.214 e. The van der Waals surface area contributed by atoms with Gasteiger partial charge in [0.05, 0.1) is 0 Å². The first-order valence-electron chi connectivity index (χ1n) is 8.70. The molecule has 0 amide bonds. The highest BCUT2D eigenvalue weighted by molar-refractivity contribution is 5.88. The van der Waals surface area contributed by atoms with Gasteiger partial charge in [-0.15, -0.1) is 0 Å². The average molecular weight is 327 g/mol. The molecular weight excluding hydrogens is 304 g/mol. The molecule has 2 heteroatoms. The summed E-state index contributed by atoms with van der Waals surface area (Å²) in [6.07, 6.45) is 2.14. The number of nitrogens with zero attached hydrogens (tertiary/aromatic N) is 2. The van der Waals surface area contributed by atoms with Gasteiger partial charge in [0.25, 0.3) is 0 Å². The number of hydrogen-bond donors (Lipinski definition) is 0. The fourth-order valence-electron chi connectivity index (χ4n) is 3.70. The molecule has 25 heavy (non-hydrogen) atoms. The Balaban J connectivity index is 2.00. The van der Waals surface area contributed by atoms with E-state index in [4.69, 9.17) is 0 Å². The molecule has 0 fully saturated rings. The van der Waals surface area contributed by atoms with Crippen LogP contribution in [0.4, 0.5) is 0 Å². The van der Waals surface area contributed by atoms with Crippen LogP contribution in [-0.4, -0.2) is 4.57 Å². The van der Waals surface area contributed by atoms with E-state index in [-0.39, 0.29) is 0 Å². The van der Waals surface area contributed by atoms with Crippen LogP contribution in [0.1, 0.15) is 16.8 Å². The Kier molecular flexibility index (Phi) is 3.69. The minimum atomic E-state index is 1.24. The second-order valence-electron chi connectivity index (χ2n) is 6.82. The second kappa shape index (κ2) is 5.89. The lowest BCUT2D eigenvalue weighted by Crippen LogP contribution is -2.34. The molecule has 0 atom stereocenters. The van der Waals surface area contributed by atoms with Crippen molar-refractivity contribution in [3.8, 4) is 16.9 Å². The Hall–Kier alpha value is -2.87. The Morgan fingerprint density at radius 2 is 1.60 bits per heavy atom. The van der Waals surface area contributed by atoms with Gasteiger partial charge in [0.15, 0.2) is 11.9 Å². The zero-order valence-corrected chi connectivity index (χ0v) is 15.2. The SMILES string of the molecule is Cc1cc(-c2cc3ccccc3n2C)c(C)c(-[n+]2ccccc2C)c1. The third-order valence-corrected chi connectivity index (χ3v) is 5.08. The van der Waals surface area contributed by atoms with E-state index < -0.39 is 0 Å². The van der Waals surface area contributed by atoms with E-state index in [0.29, 0.717) is 0 Å². The molecule has 124 valence electrons. The van der Waals surface area contributed by atoms with E-state index in [1.807, 2.05) is 0 Å². The Labute approximate surface area is 149 Å². The second-order valence-corrected chi connectivity index (χ2v) is 6.82. The van der Waals surface area contributed by atoms with Crippen molar-refractivity contribution in [2.75, 3.05) is 0 Å². The monoisotopic (exact) mass is 327 g/mol. The summed E-state index contributed by atoms with van der Waals surface area (Å²) in [6.45, 7) is 6.55. The number of fused-ring (bicyclic) bond motifs is 1. The van der Waals surface area contributed by atoms with Crippen LogP contribution in [0.5, 0.6) is 0 Å². The highest BCUT2D eigenvalue weighted by atomic mass is 15.0. The summed E-state index contributed by atoms with van der Waals surface area (Å²) in [5, 5.41) is 1.28. The van der Waals surface area contributed by atoms with Crippen molar-refractivity contribution in [3.05, 3.63) is 83.7 Å². The molecule has 0 aliphatic carbocycles. The van der Waals surface area contributed by atoms with Crippen molar-refractivity contribution < 1.29 is 4.57 Å². The van der Waals surface area contributed by atoms with Gasteiger partial charge in [-0.3, -0.25) is 0 Å². The molecule has 0 saturated heterocycles. The zero-order valence-electron chi connectivity index (χ0n) is 15.2. The minimum Gasteiger partial charge on any atom is -0.344 e. The number of hydrogen-bond acceptors (Lipinski definition) is 0. The Bertz CT molecular complexity index is 1090. The van der Waals surface area contributed by atoms with Crippen molar-refractivity contribution in [2.24, 2.45) is 7.05 Å². The predicted molar refractivity (Wildman–Crippen MR) is 104 cm³/mol. The van der Waals surface area contributed by atoms with Gasteiger partial charge in [-0.1, -0.05) is 24.3 Å². The number of rotatable bonds is 2. The van der Waals surface area contributed by atoms with Crippen LogP contribution < -0.4 is 4.57 Å². The Morgan fingerprint density at radius 1 is 0.840 bits per heavy atom. The largest absolute Gasteiger partial charge is 0.344 e. The highest BCUT2D eigenvalue weighted by Gasteiger charge is 2.19. The van der Waals surface area contributed by atoms with Crippen LogP contribution in [0.25, 0.3) is 27.8 Å². The van der Waals surface area contributed by atoms with Crippen molar-refractivity contribution in [1.82, 2.24) is 4.57 Å². The Morgan fingerprint density at radius 3 is 2.36 bits per heavy atom. The van der Waals surface area contributed by atoms with Crippen LogP contribution in [0.3, 0.4) is 0 Å². The summed E-state index contributed by atoms with van der Waals surface area (Å²) in [7, 11) is 2.15. The first-order chi connectivity index (χ1) is 12.1. The average Bonchev–Trinajstić information content (AvgIpc) is 2.94. The third-order valence-electron chi connectivity index (χ3n) is 5.08. The molecule has 4 rings (SSSR count). The summed E-state index contributed by atoms with van der Waals surface area (Å²) < 4.78 is 4.57. The lowest BCUT2D eigenvalue weighted by atomic mass is 10.00. The van der Waals surface area contributed by atoms with Gasteiger partial charge in [0.2, 0.25) is 5.69 Å². The van der Waals surface area contributed by atoms with E-state index in [2.05, 4.69) is 104 Å². The molecule has 0 unspecified atom stereocenters. The van der Waals surface area contributed by atoms with Gasteiger partial charge in [-0.2, -0.15) is 4.57 Å².